The molecule has 0 aliphatic heterocycles. The van der Waals surface area contributed by atoms with Crippen molar-refractivity contribution in [2.45, 2.75) is 13.1 Å². The molecule has 9 nitrogen and oxygen atoms in total. The molecule has 0 spiro atoms. The average molecular weight is 393 g/mol. The van der Waals surface area contributed by atoms with Gasteiger partial charge in [0.1, 0.15) is 0 Å². The van der Waals surface area contributed by atoms with Crippen LogP contribution in [0.4, 0.5) is 18.9 Å². The van der Waals surface area contributed by atoms with Gasteiger partial charge in [0.2, 0.25) is 5.75 Å². The van der Waals surface area contributed by atoms with Crippen LogP contribution < -0.4 is 0 Å². The van der Waals surface area contributed by atoms with Crippen LogP contribution in [0.15, 0.2) is 30.6 Å². The topological polar surface area (TPSA) is 135 Å². The van der Waals surface area contributed by atoms with Crippen LogP contribution in [0.5, 0.6) is 11.5 Å². The van der Waals surface area contributed by atoms with E-state index in [1.807, 2.05) is 0 Å². The molecule has 0 unspecified atom stereocenters. The number of nitro groups is 1. The van der Waals surface area contributed by atoms with Gasteiger partial charge in [0.25, 0.3) is 0 Å². The van der Waals surface area contributed by atoms with Gasteiger partial charge in [-0.15, -0.1) is 5.10 Å². The van der Waals surface area contributed by atoms with Gasteiger partial charge in [0.05, 0.1) is 27.9 Å². The number of nitrogens with zero attached hydrogens (tertiary/aromatic N) is 5. The van der Waals surface area contributed by atoms with Gasteiger partial charge < -0.3 is 10.2 Å². The minimum absolute atomic E-state index is 0.0493. The maximum Gasteiger partial charge on any atom is 0.417 e. The van der Waals surface area contributed by atoms with Gasteiger partial charge in [-0.3, -0.25) is 15.1 Å². The Kier molecular flexibility index (Phi) is 4.55. The fourth-order valence-electron chi connectivity index (χ4n) is 2.42. The molecular formula is C16H10F3N5O4. The van der Waals surface area contributed by atoms with Gasteiger partial charge >= 0.3 is 11.9 Å². The molecule has 0 bridgehead atoms. The highest BCUT2D eigenvalue weighted by molar-refractivity contribution is 5.71. The number of aryl methyl sites for hydroxylation is 1. The highest BCUT2D eigenvalue weighted by atomic mass is 19.4. The molecule has 3 aromatic rings. The smallest absolute Gasteiger partial charge is 0.417 e. The Balaban J connectivity index is 2.17. The maximum absolute atomic E-state index is 13.3. The van der Waals surface area contributed by atoms with Crippen LogP contribution in [0.25, 0.3) is 22.6 Å². The van der Waals surface area contributed by atoms with Crippen molar-refractivity contribution in [3.63, 3.8) is 0 Å². The van der Waals surface area contributed by atoms with Crippen molar-refractivity contribution in [1.29, 1.82) is 0 Å². The first kappa shape index (κ1) is 18.9. The second kappa shape index (κ2) is 6.72. The number of aromatic nitrogens is 4. The van der Waals surface area contributed by atoms with Crippen molar-refractivity contribution in [2.24, 2.45) is 0 Å². The lowest BCUT2D eigenvalue weighted by atomic mass is 10.1. The number of benzene rings is 1. The second-order valence-corrected chi connectivity index (χ2v) is 5.65. The van der Waals surface area contributed by atoms with Gasteiger partial charge in [0.15, 0.2) is 11.6 Å². The minimum Gasteiger partial charge on any atom is -0.504 e. The van der Waals surface area contributed by atoms with Crippen LogP contribution in [0, 0.1) is 17.0 Å². The molecular weight excluding hydrogens is 383 g/mol. The number of alkyl halides is 3. The van der Waals surface area contributed by atoms with Gasteiger partial charge in [-0.1, -0.05) is 0 Å². The molecule has 0 saturated heterocycles. The van der Waals surface area contributed by atoms with Crippen LogP contribution in [0.1, 0.15) is 11.3 Å². The summed E-state index contributed by atoms with van der Waals surface area (Å²) in [4.78, 5) is 17.8. The van der Waals surface area contributed by atoms with Crippen LogP contribution >= 0.6 is 0 Å². The maximum atomic E-state index is 13.3. The molecule has 0 saturated carbocycles. The van der Waals surface area contributed by atoms with Gasteiger partial charge in [-0.2, -0.15) is 18.3 Å². The summed E-state index contributed by atoms with van der Waals surface area (Å²) in [7, 11) is 0. The Hall–Kier alpha value is -3.83. The van der Waals surface area contributed by atoms with Crippen molar-refractivity contribution >= 4 is 5.69 Å². The van der Waals surface area contributed by atoms with Crippen molar-refractivity contribution in [1.82, 2.24) is 20.2 Å². The molecule has 144 valence electrons. The van der Waals surface area contributed by atoms with Crippen LogP contribution in [-0.2, 0) is 6.18 Å². The summed E-state index contributed by atoms with van der Waals surface area (Å²) in [6, 6.07) is 2.71. The lowest BCUT2D eigenvalue weighted by Crippen LogP contribution is -2.10. The van der Waals surface area contributed by atoms with Gasteiger partial charge in [0, 0.05) is 23.5 Å². The number of aromatic hydroxyl groups is 2. The predicted octanol–water partition coefficient (Wildman–Crippen LogP) is 3.25. The van der Waals surface area contributed by atoms with E-state index < -0.39 is 45.2 Å². The fourth-order valence-corrected chi connectivity index (χ4v) is 2.42. The van der Waals surface area contributed by atoms with Crippen molar-refractivity contribution in [3.05, 3.63) is 52.0 Å². The van der Waals surface area contributed by atoms with E-state index in [-0.39, 0.29) is 17.0 Å². The number of rotatable bonds is 3. The Bertz CT molecular complexity index is 1090. The summed E-state index contributed by atoms with van der Waals surface area (Å²) in [5.74, 6) is -2.15. The van der Waals surface area contributed by atoms with E-state index in [0.717, 1.165) is 30.6 Å². The zero-order valence-corrected chi connectivity index (χ0v) is 14.0. The Morgan fingerprint density at radius 2 is 1.86 bits per heavy atom. The largest absolute Gasteiger partial charge is 0.504 e. The third-order valence-electron chi connectivity index (χ3n) is 3.71. The highest BCUT2D eigenvalue weighted by Crippen LogP contribution is 2.40. The SMILES string of the molecule is Cc1cc(C(F)(F)F)c(-c2nncc(-c3cc(O)c(O)c([N+](=O)[O-])c3)n2)cn1. The number of phenolic OH excluding ortho intramolecular Hbond substituents is 2. The molecule has 1 aromatic carbocycles. The molecule has 0 aliphatic rings. The third-order valence-corrected chi connectivity index (χ3v) is 3.71. The fraction of sp³-hybridized carbons (Fsp3) is 0.125. The zero-order chi connectivity index (χ0) is 20.6. The monoisotopic (exact) mass is 393 g/mol. The van der Waals surface area contributed by atoms with Crippen molar-refractivity contribution in [2.75, 3.05) is 0 Å². The number of nitro benzene ring substituents is 1. The lowest BCUT2D eigenvalue weighted by Gasteiger charge is -2.12. The molecule has 0 fully saturated rings. The first-order valence-corrected chi connectivity index (χ1v) is 7.52. The third kappa shape index (κ3) is 3.51. The molecule has 0 atom stereocenters. The Morgan fingerprint density at radius 3 is 2.50 bits per heavy atom. The van der Waals surface area contributed by atoms with E-state index in [4.69, 9.17) is 0 Å². The van der Waals surface area contributed by atoms with E-state index in [9.17, 15) is 33.5 Å². The normalized spacial score (nSPS) is 11.4. The summed E-state index contributed by atoms with van der Waals surface area (Å²) in [6.45, 7) is 1.40. The summed E-state index contributed by atoms with van der Waals surface area (Å²) < 4.78 is 40.0. The minimum atomic E-state index is -4.70. The number of hydrogen-bond acceptors (Lipinski definition) is 8. The first-order chi connectivity index (χ1) is 13.1. The molecule has 2 heterocycles. The molecule has 12 heteroatoms. The van der Waals surface area contributed by atoms with E-state index in [1.165, 1.54) is 6.92 Å². The summed E-state index contributed by atoms with van der Waals surface area (Å²) in [5.41, 5.74) is -2.25. The molecule has 3 rings (SSSR count). The Labute approximate surface area is 154 Å². The van der Waals surface area contributed by atoms with E-state index in [0.29, 0.717) is 0 Å². The second-order valence-electron chi connectivity index (χ2n) is 5.65. The zero-order valence-electron chi connectivity index (χ0n) is 14.0. The van der Waals surface area contributed by atoms with Gasteiger partial charge in [-0.25, -0.2) is 4.98 Å². The Morgan fingerprint density at radius 1 is 1.14 bits per heavy atom. The molecule has 2 aromatic heterocycles. The number of halogens is 3. The summed E-state index contributed by atoms with van der Waals surface area (Å²) >= 11 is 0. The van der Waals surface area contributed by atoms with E-state index in [1.54, 1.807) is 0 Å². The van der Waals surface area contributed by atoms with E-state index in [2.05, 4.69) is 20.2 Å². The molecule has 2 N–H and O–H groups in total. The van der Waals surface area contributed by atoms with Crippen molar-refractivity contribution in [3.8, 4) is 34.1 Å². The highest BCUT2D eigenvalue weighted by Gasteiger charge is 2.35. The van der Waals surface area contributed by atoms with Crippen LogP contribution in [0.3, 0.4) is 0 Å². The standard InChI is InChI=1S/C16H10F3N5O4/c1-7-2-10(16(17,18)19)9(5-20-7)15-22-11(6-21-23-15)8-3-12(24(27)28)14(26)13(25)4-8/h2-6,25-26H,1H3. The van der Waals surface area contributed by atoms with Gasteiger partial charge in [-0.05, 0) is 19.1 Å². The molecule has 0 aliphatic carbocycles. The molecule has 0 amide bonds. The van der Waals surface area contributed by atoms with Crippen LogP contribution in [0.2, 0.25) is 0 Å². The summed E-state index contributed by atoms with van der Waals surface area (Å²) in [6.07, 6.45) is -2.69. The summed E-state index contributed by atoms with van der Waals surface area (Å²) in [5, 5.41) is 37.4. The quantitative estimate of drug-likeness (QED) is 0.393. The van der Waals surface area contributed by atoms with E-state index >= 15 is 0 Å². The molecule has 28 heavy (non-hydrogen) atoms. The number of phenols is 2. The average Bonchev–Trinajstić information content (AvgIpc) is 2.63. The number of hydrogen-bond donors (Lipinski definition) is 2. The van der Waals surface area contributed by atoms with Crippen molar-refractivity contribution < 1.29 is 28.3 Å². The predicted molar refractivity (Wildman–Crippen MR) is 88.2 cm³/mol. The van der Waals surface area contributed by atoms with Crippen LogP contribution in [-0.4, -0.2) is 35.3 Å². The lowest BCUT2D eigenvalue weighted by molar-refractivity contribution is -0.385. The first-order valence-electron chi connectivity index (χ1n) is 7.52. The molecule has 0 radical (unpaired) electrons. The number of pyridine rings is 1.